The van der Waals surface area contributed by atoms with Crippen molar-refractivity contribution < 1.29 is 4.79 Å². The Bertz CT molecular complexity index is 351. The van der Waals surface area contributed by atoms with Gasteiger partial charge in [-0.15, -0.1) is 11.3 Å². The maximum atomic E-state index is 11.1. The Morgan fingerprint density at radius 3 is 2.57 bits per heavy atom. The smallest absolute Gasteiger partial charge is 0.133 e. The van der Waals surface area contributed by atoms with Gasteiger partial charge in [-0.25, -0.2) is 0 Å². The molecule has 0 radical (unpaired) electrons. The number of carbonyl (C=O) groups is 1. The standard InChI is InChI=1S/C10H12BrNOS/c11-7-5-9(14-6-7)10(12)3-1-8(13)2-4-10/h5-6H,1-4,12H2. The number of Topliss-reactive ketones (excluding diaryl/α,β-unsaturated/α-hetero) is 1. The van der Waals surface area contributed by atoms with Crippen LogP contribution in [0.3, 0.4) is 0 Å². The summed E-state index contributed by atoms with van der Waals surface area (Å²) >= 11 is 5.10. The van der Waals surface area contributed by atoms with E-state index in [0.29, 0.717) is 18.6 Å². The van der Waals surface area contributed by atoms with Gasteiger partial charge in [-0.2, -0.15) is 0 Å². The van der Waals surface area contributed by atoms with Crippen molar-refractivity contribution in [1.82, 2.24) is 0 Å². The summed E-state index contributed by atoms with van der Waals surface area (Å²) in [6, 6.07) is 2.07. The predicted molar refractivity (Wildman–Crippen MR) is 61.4 cm³/mol. The minimum absolute atomic E-state index is 0.259. The molecule has 2 N–H and O–H groups in total. The zero-order valence-electron chi connectivity index (χ0n) is 7.75. The Kier molecular flexibility index (Phi) is 2.77. The van der Waals surface area contributed by atoms with Crippen LogP contribution in [0.15, 0.2) is 15.9 Å². The fraction of sp³-hybridized carbons (Fsp3) is 0.500. The van der Waals surface area contributed by atoms with Gasteiger partial charge < -0.3 is 5.73 Å². The predicted octanol–water partition coefficient (Wildman–Crippen LogP) is 2.81. The molecule has 14 heavy (non-hydrogen) atoms. The Morgan fingerprint density at radius 1 is 1.43 bits per heavy atom. The number of carbonyl (C=O) groups excluding carboxylic acids is 1. The lowest BCUT2D eigenvalue weighted by Gasteiger charge is -2.31. The SMILES string of the molecule is NC1(c2cc(Br)cs2)CCC(=O)CC1. The topological polar surface area (TPSA) is 43.1 Å². The monoisotopic (exact) mass is 273 g/mol. The van der Waals surface area contributed by atoms with Crippen molar-refractivity contribution in [2.45, 2.75) is 31.2 Å². The van der Waals surface area contributed by atoms with E-state index in [-0.39, 0.29) is 5.54 Å². The zero-order valence-corrected chi connectivity index (χ0v) is 10.2. The first-order valence-electron chi connectivity index (χ1n) is 4.65. The van der Waals surface area contributed by atoms with Crippen molar-refractivity contribution in [2.75, 3.05) is 0 Å². The van der Waals surface area contributed by atoms with Crippen LogP contribution >= 0.6 is 27.3 Å². The Hall–Kier alpha value is -0.190. The van der Waals surface area contributed by atoms with Gasteiger partial charge in [-0.05, 0) is 34.8 Å². The van der Waals surface area contributed by atoms with Crippen LogP contribution in [0.4, 0.5) is 0 Å². The van der Waals surface area contributed by atoms with Gasteiger partial charge in [-0.3, -0.25) is 4.79 Å². The van der Waals surface area contributed by atoms with Crippen molar-refractivity contribution >= 4 is 33.0 Å². The van der Waals surface area contributed by atoms with E-state index in [2.05, 4.69) is 22.0 Å². The lowest BCUT2D eigenvalue weighted by atomic mass is 9.81. The van der Waals surface area contributed by atoms with Crippen LogP contribution in [-0.4, -0.2) is 5.78 Å². The van der Waals surface area contributed by atoms with E-state index in [1.54, 1.807) is 11.3 Å². The molecule has 1 aliphatic rings. The van der Waals surface area contributed by atoms with Gasteiger partial charge in [0, 0.05) is 27.6 Å². The van der Waals surface area contributed by atoms with Gasteiger partial charge in [0.05, 0.1) is 5.54 Å². The fourth-order valence-electron chi connectivity index (χ4n) is 1.80. The molecule has 0 aromatic carbocycles. The van der Waals surface area contributed by atoms with Crippen LogP contribution < -0.4 is 5.73 Å². The van der Waals surface area contributed by atoms with E-state index in [1.807, 2.05) is 5.38 Å². The number of hydrogen-bond acceptors (Lipinski definition) is 3. The molecule has 1 saturated carbocycles. The molecule has 1 aromatic heterocycles. The molecular formula is C10H12BrNOS. The summed E-state index contributed by atoms with van der Waals surface area (Å²) in [6.45, 7) is 0. The molecule has 1 heterocycles. The molecule has 1 aromatic rings. The summed E-state index contributed by atoms with van der Waals surface area (Å²) in [5.74, 6) is 0.349. The second kappa shape index (κ2) is 3.76. The normalized spacial score (nSPS) is 21.1. The third-order valence-corrected chi connectivity index (χ3v) is 4.67. The molecule has 4 heteroatoms. The number of rotatable bonds is 1. The average molecular weight is 274 g/mol. The van der Waals surface area contributed by atoms with Crippen LogP contribution in [0.5, 0.6) is 0 Å². The minimum Gasteiger partial charge on any atom is -0.321 e. The highest BCUT2D eigenvalue weighted by Gasteiger charge is 2.33. The molecular weight excluding hydrogens is 262 g/mol. The highest BCUT2D eigenvalue weighted by molar-refractivity contribution is 9.10. The van der Waals surface area contributed by atoms with E-state index in [9.17, 15) is 4.79 Å². The van der Waals surface area contributed by atoms with Crippen molar-refractivity contribution in [3.8, 4) is 0 Å². The Balaban J connectivity index is 2.20. The molecule has 2 nitrogen and oxygen atoms in total. The quantitative estimate of drug-likeness (QED) is 0.855. The average Bonchev–Trinajstić information content (AvgIpc) is 2.58. The summed E-state index contributed by atoms with van der Waals surface area (Å²) in [5.41, 5.74) is 6.03. The van der Waals surface area contributed by atoms with E-state index < -0.39 is 0 Å². The van der Waals surface area contributed by atoms with Crippen LogP contribution in [-0.2, 0) is 10.3 Å². The second-order valence-electron chi connectivity index (χ2n) is 3.82. The molecule has 0 bridgehead atoms. The summed E-state index contributed by atoms with van der Waals surface area (Å²) in [6.07, 6.45) is 2.84. The highest BCUT2D eigenvalue weighted by atomic mass is 79.9. The summed E-state index contributed by atoms with van der Waals surface area (Å²) in [5, 5.41) is 2.04. The molecule has 0 aliphatic heterocycles. The first-order chi connectivity index (χ1) is 6.60. The number of hydrogen-bond donors (Lipinski definition) is 1. The first kappa shape index (κ1) is 10.3. The second-order valence-corrected chi connectivity index (χ2v) is 5.65. The molecule has 0 atom stereocenters. The third-order valence-electron chi connectivity index (χ3n) is 2.76. The molecule has 1 fully saturated rings. The van der Waals surface area contributed by atoms with Crippen LogP contribution in [0.1, 0.15) is 30.6 Å². The lowest BCUT2D eigenvalue weighted by molar-refractivity contribution is -0.121. The first-order valence-corrected chi connectivity index (χ1v) is 6.32. The van der Waals surface area contributed by atoms with Crippen molar-refractivity contribution in [1.29, 1.82) is 0 Å². The summed E-state index contributed by atoms with van der Waals surface area (Å²) in [4.78, 5) is 12.3. The summed E-state index contributed by atoms with van der Waals surface area (Å²) in [7, 11) is 0. The van der Waals surface area contributed by atoms with E-state index in [0.717, 1.165) is 17.3 Å². The van der Waals surface area contributed by atoms with E-state index in [1.165, 1.54) is 4.88 Å². The molecule has 0 spiro atoms. The third kappa shape index (κ3) is 1.92. The highest BCUT2D eigenvalue weighted by Crippen LogP contribution is 2.37. The Morgan fingerprint density at radius 2 is 2.07 bits per heavy atom. The van der Waals surface area contributed by atoms with Crippen molar-refractivity contribution in [2.24, 2.45) is 5.73 Å². The molecule has 76 valence electrons. The Labute approximate surface area is 95.6 Å². The van der Waals surface area contributed by atoms with Gasteiger partial charge in [-0.1, -0.05) is 0 Å². The van der Waals surface area contributed by atoms with Crippen molar-refractivity contribution in [3.63, 3.8) is 0 Å². The van der Waals surface area contributed by atoms with Gasteiger partial charge in [0.2, 0.25) is 0 Å². The largest absolute Gasteiger partial charge is 0.321 e. The zero-order chi connectivity index (χ0) is 10.2. The maximum Gasteiger partial charge on any atom is 0.133 e. The van der Waals surface area contributed by atoms with Crippen LogP contribution in [0.2, 0.25) is 0 Å². The van der Waals surface area contributed by atoms with Gasteiger partial charge >= 0.3 is 0 Å². The maximum absolute atomic E-state index is 11.1. The van der Waals surface area contributed by atoms with Crippen LogP contribution in [0, 0.1) is 0 Å². The number of nitrogens with two attached hydrogens (primary N) is 1. The molecule has 2 rings (SSSR count). The van der Waals surface area contributed by atoms with E-state index >= 15 is 0 Å². The summed E-state index contributed by atoms with van der Waals surface area (Å²) < 4.78 is 1.08. The minimum atomic E-state index is -0.259. The van der Waals surface area contributed by atoms with Gasteiger partial charge in [0.1, 0.15) is 5.78 Å². The molecule has 0 amide bonds. The van der Waals surface area contributed by atoms with Gasteiger partial charge in [0.25, 0.3) is 0 Å². The fourth-order valence-corrected chi connectivity index (χ4v) is 3.40. The van der Waals surface area contributed by atoms with Crippen molar-refractivity contribution in [3.05, 3.63) is 20.8 Å². The lowest BCUT2D eigenvalue weighted by Crippen LogP contribution is -2.39. The number of thiophene rings is 1. The number of halogens is 1. The van der Waals surface area contributed by atoms with Crippen LogP contribution in [0.25, 0.3) is 0 Å². The number of ketones is 1. The van der Waals surface area contributed by atoms with Gasteiger partial charge in [0.15, 0.2) is 0 Å². The molecule has 0 saturated heterocycles. The molecule has 1 aliphatic carbocycles. The molecule has 0 unspecified atom stereocenters. The van der Waals surface area contributed by atoms with E-state index in [4.69, 9.17) is 5.73 Å².